The van der Waals surface area contributed by atoms with Gasteiger partial charge in [-0.2, -0.15) is 0 Å². The van der Waals surface area contributed by atoms with Crippen LogP contribution in [0.15, 0.2) is 18.2 Å². The Morgan fingerprint density at radius 3 is 2.61 bits per heavy atom. The van der Waals surface area contributed by atoms with Crippen molar-refractivity contribution in [1.29, 1.82) is 0 Å². The molecule has 2 N–H and O–H groups in total. The number of anilines is 1. The number of rotatable bonds is 6. The van der Waals surface area contributed by atoms with Crippen molar-refractivity contribution in [3.8, 4) is 11.5 Å². The van der Waals surface area contributed by atoms with E-state index >= 15 is 0 Å². The zero-order valence-corrected chi connectivity index (χ0v) is 13.9. The molecule has 1 aliphatic carbocycles. The number of amides is 2. The van der Waals surface area contributed by atoms with E-state index < -0.39 is 0 Å². The topological polar surface area (TPSA) is 71.0 Å². The summed E-state index contributed by atoms with van der Waals surface area (Å²) in [5, 5.41) is 12.2. The third-order valence-corrected chi connectivity index (χ3v) is 4.27. The Morgan fingerprint density at radius 2 is 2.00 bits per heavy atom. The summed E-state index contributed by atoms with van der Waals surface area (Å²) >= 11 is 0. The molecule has 0 radical (unpaired) electrons. The molecule has 6 nitrogen and oxygen atoms in total. The van der Waals surface area contributed by atoms with Gasteiger partial charge in [-0.3, -0.25) is 0 Å². The van der Waals surface area contributed by atoms with Crippen molar-refractivity contribution in [2.45, 2.75) is 38.1 Å². The summed E-state index contributed by atoms with van der Waals surface area (Å²) in [4.78, 5) is 14.4. The van der Waals surface area contributed by atoms with Gasteiger partial charge in [0.2, 0.25) is 0 Å². The second-order valence-corrected chi connectivity index (χ2v) is 5.71. The maximum absolute atomic E-state index is 12.6. The third-order valence-electron chi connectivity index (χ3n) is 4.27. The van der Waals surface area contributed by atoms with Gasteiger partial charge in [-0.1, -0.05) is 19.3 Å². The van der Waals surface area contributed by atoms with Gasteiger partial charge < -0.3 is 24.8 Å². The van der Waals surface area contributed by atoms with E-state index in [0.717, 1.165) is 25.7 Å². The summed E-state index contributed by atoms with van der Waals surface area (Å²) in [6.45, 7) is 0.304. The average Bonchev–Trinajstić information content (AvgIpc) is 2.60. The Morgan fingerprint density at radius 1 is 1.26 bits per heavy atom. The molecule has 6 heteroatoms. The number of hydrogen-bond donors (Lipinski definition) is 2. The molecule has 0 heterocycles. The zero-order chi connectivity index (χ0) is 16.7. The average molecular weight is 322 g/mol. The molecule has 0 aliphatic heterocycles. The zero-order valence-electron chi connectivity index (χ0n) is 13.9. The van der Waals surface area contributed by atoms with E-state index in [1.807, 2.05) is 0 Å². The van der Waals surface area contributed by atoms with Crippen LogP contribution in [0.4, 0.5) is 10.5 Å². The number of methoxy groups -OCH3 is 2. The molecule has 23 heavy (non-hydrogen) atoms. The van der Waals surface area contributed by atoms with Crippen molar-refractivity contribution >= 4 is 11.7 Å². The lowest BCUT2D eigenvalue weighted by Gasteiger charge is -2.34. The highest BCUT2D eigenvalue weighted by Gasteiger charge is 2.25. The van der Waals surface area contributed by atoms with E-state index in [4.69, 9.17) is 9.47 Å². The van der Waals surface area contributed by atoms with E-state index in [9.17, 15) is 9.90 Å². The monoisotopic (exact) mass is 322 g/mol. The van der Waals surface area contributed by atoms with E-state index in [1.54, 1.807) is 37.3 Å². The molecule has 0 bridgehead atoms. The Kier molecular flexibility index (Phi) is 6.52. The van der Waals surface area contributed by atoms with Crippen LogP contribution >= 0.6 is 0 Å². The van der Waals surface area contributed by atoms with Gasteiger partial charge in [-0.25, -0.2) is 4.79 Å². The molecule has 128 valence electrons. The van der Waals surface area contributed by atoms with Crippen LogP contribution in [0.5, 0.6) is 11.5 Å². The number of hydrogen-bond acceptors (Lipinski definition) is 4. The second-order valence-electron chi connectivity index (χ2n) is 5.71. The Labute approximate surface area is 137 Å². The number of urea groups is 1. The summed E-state index contributed by atoms with van der Waals surface area (Å²) in [7, 11) is 3.14. The Hall–Kier alpha value is -1.95. The van der Waals surface area contributed by atoms with Crippen molar-refractivity contribution in [3.63, 3.8) is 0 Å². The molecular formula is C17H26N2O4. The summed E-state index contributed by atoms with van der Waals surface area (Å²) < 4.78 is 10.5. The number of carbonyl (C=O) groups is 1. The van der Waals surface area contributed by atoms with Gasteiger partial charge in [0.1, 0.15) is 11.5 Å². The quantitative estimate of drug-likeness (QED) is 0.845. The maximum Gasteiger partial charge on any atom is 0.322 e. The number of aliphatic hydroxyl groups excluding tert-OH is 1. The van der Waals surface area contributed by atoms with E-state index in [0.29, 0.717) is 23.7 Å². The molecule has 1 aromatic carbocycles. The molecule has 2 rings (SSSR count). The van der Waals surface area contributed by atoms with Crippen molar-refractivity contribution in [2.24, 2.45) is 0 Å². The molecule has 1 aliphatic rings. The number of benzene rings is 1. The maximum atomic E-state index is 12.6. The van der Waals surface area contributed by atoms with Gasteiger partial charge in [0, 0.05) is 18.7 Å². The van der Waals surface area contributed by atoms with Crippen LogP contribution in [0.2, 0.25) is 0 Å². The smallest absolute Gasteiger partial charge is 0.322 e. The van der Waals surface area contributed by atoms with E-state index in [-0.39, 0.29) is 18.7 Å². The van der Waals surface area contributed by atoms with Crippen molar-refractivity contribution < 1.29 is 19.4 Å². The van der Waals surface area contributed by atoms with Crippen LogP contribution in [0, 0.1) is 0 Å². The predicted octanol–water partition coefficient (Wildman–Crippen LogP) is 2.86. The lowest BCUT2D eigenvalue weighted by Crippen LogP contribution is -2.45. The molecular weight excluding hydrogens is 296 g/mol. The van der Waals surface area contributed by atoms with Gasteiger partial charge in [0.25, 0.3) is 0 Å². The van der Waals surface area contributed by atoms with E-state index in [2.05, 4.69) is 5.32 Å². The standard InChI is InChI=1S/C17H26N2O4/c1-22-14-8-9-15(16(12-14)23-2)18-17(21)19(10-11-20)13-6-4-3-5-7-13/h8-9,12-13,20H,3-7,10-11H2,1-2H3,(H,18,21). The molecule has 0 unspecified atom stereocenters. The fourth-order valence-corrected chi connectivity index (χ4v) is 3.04. The first-order chi connectivity index (χ1) is 11.2. The highest BCUT2D eigenvalue weighted by Crippen LogP contribution is 2.30. The number of ether oxygens (including phenoxy) is 2. The molecule has 0 atom stereocenters. The molecule has 1 aromatic rings. The number of nitrogens with zero attached hydrogens (tertiary/aromatic N) is 1. The normalized spacial score (nSPS) is 15.1. The van der Waals surface area contributed by atoms with Crippen molar-refractivity contribution in [3.05, 3.63) is 18.2 Å². The van der Waals surface area contributed by atoms with Crippen LogP contribution in [-0.4, -0.2) is 49.5 Å². The van der Waals surface area contributed by atoms with Crippen LogP contribution in [0.3, 0.4) is 0 Å². The predicted molar refractivity (Wildman–Crippen MR) is 89.2 cm³/mol. The minimum atomic E-state index is -0.200. The van der Waals surface area contributed by atoms with Gasteiger partial charge >= 0.3 is 6.03 Å². The summed E-state index contributed by atoms with van der Waals surface area (Å²) in [6, 6.07) is 5.25. The minimum absolute atomic E-state index is 0.0380. The molecule has 0 saturated heterocycles. The van der Waals surface area contributed by atoms with E-state index in [1.165, 1.54) is 6.42 Å². The first-order valence-corrected chi connectivity index (χ1v) is 8.10. The fourth-order valence-electron chi connectivity index (χ4n) is 3.04. The molecule has 0 aromatic heterocycles. The van der Waals surface area contributed by atoms with Gasteiger partial charge in [0.15, 0.2) is 0 Å². The molecule has 0 spiro atoms. The third kappa shape index (κ3) is 4.51. The van der Waals surface area contributed by atoms with Crippen molar-refractivity contribution in [2.75, 3.05) is 32.7 Å². The first-order valence-electron chi connectivity index (χ1n) is 8.10. The van der Waals surface area contributed by atoms with Gasteiger partial charge in [-0.05, 0) is 25.0 Å². The summed E-state index contributed by atoms with van der Waals surface area (Å²) in [5.41, 5.74) is 0.594. The number of carbonyl (C=O) groups excluding carboxylic acids is 1. The van der Waals surface area contributed by atoms with Crippen LogP contribution in [0.1, 0.15) is 32.1 Å². The first kappa shape index (κ1) is 17.4. The SMILES string of the molecule is COc1ccc(NC(=O)N(CCO)C2CCCCC2)c(OC)c1. The Balaban J connectivity index is 2.11. The summed E-state index contributed by atoms with van der Waals surface area (Å²) in [6.07, 6.45) is 5.47. The lowest BCUT2D eigenvalue weighted by molar-refractivity contribution is 0.144. The largest absolute Gasteiger partial charge is 0.497 e. The van der Waals surface area contributed by atoms with Crippen LogP contribution in [-0.2, 0) is 0 Å². The Bertz CT molecular complexity index is 515. The highest BCUT2D eigenvalue weighted by atomic mass is 16.5. The molecule has 2 amide bonds. The van der Waals surface area contributed by atoms with Gasteiger partial charge in [0.05, 0.1) is 26.5 Å². The molecule has 1 saturated carbocycles. The van der Waals surface area contributed by atoms with Gasteiger partial charge in [-0.15, -0.1) is 0 Å². The fraction of sp³-hybridized carbons (Fsp3) is 0.588. The summed E-state index contributed by atoms with van der Waals surface area (Å²) in [5.74, 6) is 1.21. The van der Waals surface area contributed by atoms with Crippen molar-refractivity contribution in [1.82, 2.24) is 4.90 Å². The highest BCUT2D eigenvalue weighted by molar-refractivity contribution is 5.91. The number of aliphatic hydroxyl groups is 1. The van der Waals surface area contributed by atoms with Crippen LogP contribution in [0.25, 0.3) is 0 Å². The molecule has 1 fully saturated rings. The minimum Gasteiger partial charge on any atom is -0.497 e. The number of nitrogens with one attached hydrogen (secondary N) is 1. The lowest BCUT2D eigenvalue weighted by atomic mass is 9.94. The van der Waals surface area contributed by atoms with Crippen LogP contribution < -0.4 is 14.8 Å². The second kappa shape index (κ2) is 8.62.